The zero-order valence-electron chi connectivity index (χ0n) is 18.0. The van der Waals surface area contributed by atoms with Crippen molar-refractivity contribution in [2.75, 3.05) is 13.1 Å². The van der Waals surface area contributed by atoms with Gasteiger partial charge < -0.3 is 4.57 Å². The van der Waals surface area contributed by atoms with Gasteiger partial charge in [0.05, 0.1) is 23.7 Å². The number of nitro benzene ring substituents is 1. The Kier molecular flexibility index (Phi) is 5.22. The van der Waals surface area contributed by atoms with E-state index in [9.17, 15) is 14.9 Å². The fraction of sp³-hybridized carbons (Fsp3) is 0.333. The van der Waals surface area contributed by atoms with Crippen molar-refractivity contribution in [3.05, 3.63) is 75.0 Å². The number of carbonyl (C=O) groups excluding carboxylic acids is 1. The molecule has 0 radical (unpaired) electrons. The molecule has 5 rings (SSSR count). The molecule has 3 aromatic rings. The third kappa shape index (κ3) is 3.67. The molecule has 2 aliphatic rings. The van der Waals surface area contributed by atoms with Crippen LogP contribution < -0.4 is 5.43 Å². The largest absolute Gasteiger partial charge is 0.342 e. The maximum absolute atomic E-state index is 12.6. The van der Waals surface area contributed by atoms with Gasteiger partial charge in [0, 0.05) is 41.8 Å². The van der Waals surface area contributed by atoms with Crippen LogP contribution in [0.3, 0.4) is 0 Å². The van der Waals surface area contributed by atoms with Crippen LogP contribution in [-0.2, 0) is 17.8 Å². The van der Waals surface area contributed by atoms with Crippen LogP contribution in [0.1, 0.15) is 41.3 Å². The number of nitro groups is 1. The van der Waals surface area contributed by atoms with Crippen LogP contribution in [-0.4, -0.2) is 39.6 Å². The Hall–Kier alpha value is -3.52. The lowest BCUT2D eigenvalue weighted by molar-refractivity contribution is -0.384. The summed E-state index contributed by atoms with van der Waals surface area (Å²) in [7, 11) is 0. The highest BCUT2D eigenvalue weighted by Crippen LogP contribution is 2.42. The standard InChI is InChI=1S/C24H25N5O3/c1-16-5-10-21-20(13-16)19-3-2-4-22-24(19)28(21)12-11-27(22)15-23(30)26-25-14-17-6-8-18(9-7-17)29(31)32/h5-10,13-14,22H,2-4,11-12,15H2,1H3,(H,26,30)/b25-14-/t22-/m0/s1. The van der Waals surface area contributed by atoms with Gasteiger partial charge in [0.1, 0.15) is 0 Å². The first-order valence-electron chi connectivity index (χ1n) is 10.9. The molecule has 2 aromatic carbocycles. The number of non-ortho nitro benzene ring substituents is 1. The first-order valence-corrected chi connectivity index (χ1v) is 10.9. The Morgan fingerprint density at radius 2 is 2.06 bits per heavy atom. The predicted molar refractivity (Wildman–Crippen MR) is 123 cm³/mol. The van der Waals surface area contributed by atoms with Crippen LogP contribution in [0.2, 0.25) is 0 Å². The van der Waals surface area contributed by atoms with Crippen molar-refractivity contribution in [3.63, 3.8) is 0 Å². The number of aryl methyl sites for hydroxylation is 2. The van der Waals surface area contributed by atoms with Gasteiger partial charge >= 0.3 is 0 Å². The molecule has 1 N–H and O–H groups in total. The second-order valence-corrected chi connectivity index (χ2v) is 8.56. The lowest BCUT2D eigenvalue weighted by Gasteiger charge is -2.39. The number of rotatable bonds is 5. The SMILES string of the molecule is Cc1ccc2c(c1)c1c3n2CCN(CC(=O)N/N=C\c2ccc([N+](=O)[O-])cc2)[C@H]3CCC1. The van der Waals surface area contributed by atoms with Crippen LogP contribution in [0, 0.1) is 17.0 Å². The Labute approximate surface area is 185 Å². The van der Waals surface area contributed by atoms with E-state index in [1.165, 1.54) is 46.1 Å². The minimum atomic E-state index is -0.446. The van der Waals surface area contributed by atoms with E-state index in [0.717, 1.165) is 32.4 Å². The average Bonchev–Trinajstić information content (AvgIpc) is 3.10. The van der Waals surface area contributed by atoms with Crippen molar-refractivity contribution in [2.45, 2.75) is 38.8 Å². The number of amides is 1. The smallest absolute Gasteiger partial charge is 0.269 e. The second kappa shape index (κ2) is 8.20. The minimum absolute atomic E-state index is 0.0238. The van der Waals surface area contributed by atoms with Gasteiger partial charge in [-0.25, -0.2) is 5.43 Å². The number of fused-ring (bicyclic) bond motifs is 3. The molecule has 1 amide bonds. The zero-order valence-corrected chi connectivity index (χ0v) is 18.0. The average molecular weight is 431 g/mol. The van der Waals surface area contributed by atoms with Gasteiger partial charge in [0.15, 0.2) is 0 Å². The Bertz CT molecular complexity index is 1230. The molecule has 8 nitrogen and oxygen atoms in total. The fourth-order valence-electron chi connectivity index (χ4n) is 5.06. The fourth-order valence-corrected chi connectivity index (χ4v) is 5.06. The van der Waals surface area contributed by atoms with Crippen molar-refractivity contribution in [1.29, 1.82) is 0 Å². The number of hydrogen-bond donors (Lipinski definition) is 1. The summed E-state index contributed by atoms with van der Waals surface area (Å²) < 4.78 is 2.45. The molecule has 32 heavy (non-hydrogen) atoms. The molecule has 8 heteroatoms. The summed E-state index contributed by atoms with van der Waals surface area (Å²) in [5.41, 5.74) is 8.72. The maximum atomic E-state index is 12.6. The molecular weight excluding hydrogens is 406 g/mol. The summed E-state index contributed by atoms with van der Waals surface area (Å²) in [6.07, 6.45) is 4.78. The molecule has 0 saturated heterocycles. The topological polar surface area (TPSA) is 92.8 Å². The Morgan fingerprint density at radius 1 is 1.25 bits per heavy atom. The molecule has 0 bridgehead atoms. The van der Waals surface area contributed by atoms with Gasteiger partial charge in [-0.1, -0.05) is 11.6 Å². The van der Waals surface area contributed by atoms with Crippen LogP contribution in [0.15, 0.2) is 47.6 Å². The molecule has 1 atom stereocenters. The maximum Gasteiger partial charge on any atom is 0.269 e. The van der Waals surface area contributed by atoms with Crippen molar-refractivity contribution in [1.82, 2.24) is 14.9 Å². The van der Waals surface area contributed by atoms with Crippen molar-refractivity contribution < 1.29 is 9.72 Å². The summed E-state index contributed by atoms with van der Waals surface area (Å²) in [5, 5.41) is 16.1. The number of benzene rings is 2. The molecule has 2 heterocycles. The van der Waals surface area contributed by atoms with Crippen LogP contribution in [0.4, 0.5) is 5.69 Å². The summed E-state index contributed by atoms with van der Waals surface area (Å²) in [5.74, 6) is -0.157. The highest BCUT2D eigenvalue weighted by Gasteiger charge is 2.35. The van der Waals surface area contributed by atoms with E-state index in [1.54, 1.807) is 12.1 Å². The van der Waals surface area contributed by atoms with Gasteiger partial charge in [-0.3, -0.25) is 19.8 Å². The van der Waals surface area contributed by atoms with Gasteiger partial charge in [0.25, 0.3) is 11.6 Å². The van der Waals surface area contributed by atoms with E-state index < -0.39 is 4.92 Å². The lowest BCUT2D eigenvalue weighted by Crippen LogP contribution is -2.44. The molecule has 0 spiro atoms. The van der Waals surface area contributed by atoms with E-state index in [4.69, 9.17) is 0 Å². The number of hydrazone groups is 1. The number of nitrogens with zero attached hydrogens (tertiary/aromatic N) is 4. The van der Waals surface area contributed by atoms with Gasteiger partial charge in [-0.05, 0) is 61.6 Å². The quantitative estimate of drug-likeness (QED) is 0.379. The third-order valence-electron chi connectivity index (χ3n) is 6.49. The van der Waals surface area contributed by atoms with Crippen molar-refractivity contribution in [3.8, 4) is 0 Å². The molecular formula is C24H25N5O3. The minimum Gasteiger partial charge on any atom is -0.342 e. The van der Waals surface area contributed by atoms with Crippen LogP contribution >= 0.6 is 0 Å². The molecule has 1 aliphatic carbocycles. The Morgan fingerprint density at radius 3 is 2.84 bits per heavy atom. The number of carbonyl (C=O) groups is 1. The summed E-state index contributed by atoms with van der Waals surface area (Å²) in [6, 6.07) is 13.0. The van der Waals surface area contributed by atoms with Crippen LogP contribution in [0.5, 0.6) is 0 Å². The van der Waals surface area contributed by atoms with Crippen molar-refractivity contribution >= 4 is 28.7 Å². The molecule has 0 fully saturated rings. The lowest BCUT2D eigenvalue weighted by atomic mass is 9.89. The zero-order chi connectivity index (χ0) is 22.2. The second-order valence-electron chi connectivity index (χ2n) is 8.56. The van der Waals surface area contributed by atoms with Gasteiger partial charge in [-0.15, -0.1) is 0 Å². The first-order chi connectivity index (χ1) is 15.5. The number of nitrogens with one attached hydrogen (secondary N) is 1. The number of hydrogen-bond acceptors (Lipinski definition) is 5. The summed E-state index contributed by atoms with van der Waals surface area (Å²) in [6.45, 7) is 4.14. The molecule has 1 aromatic heterocycles. The number of aromatic nitrogens is 1. The van der Waals surface area contributed by atoms with Gasteiger partial charge in [0.2, 0.25) is 0 Å². The highest BCUT2D eigenvalue weighted by molar-refractivity contribution is 5.87. The Balaban J connectivity index is 1.28. The molecule has 0 unspecified atom stereocenters. The summed E-state index contributed by atoms with van der Waals surface area (Å²) in [4.78, 5) is 25.1. The van der Waals surface area contributed by atoms with E-state index in [-0.39, 0.29) is 17.6 Å². The predicted octanol–water partition coefficient (Wildman–Crippen LogP) is 3.70. The van der Waals surface area contributed by atoms with E-state index >= 15 is 0 Å². The van der Waals surface area contributed by atoms with Crippen LogP contribution in [0.25, 0.3) is 10.9 Å². The van der Waals surface area contributed by atoms with Gasteiger partial charge in [-0.2, -0.15) is 5.10 Å². The molecule has 1 aliphatic heterocycles. The highest BCUT2D eigenvalue weighted by atomic mass is 16.6. The third-order valence-corrected chi connectivity index (χ3v) is 6.49. The monoisotopic (exact) mass is 431 g/mol. The normalized spacial score (nSPS) is 18.1. The van der Waals surface area contributed by atoms with E-state index in [0.29, 0.717) is 12.1 Å². The molecule has 0 saturated carbocycles. The summed E-state index contributed by atoms with van der Waals surface area (Å²) >= 11 is 0. The first kappa shape index (κ1) is 20.4. The van der Waals surface area contributed by atoms with E-state index in [1.807, 2.05) is 0 Å². The van der Waals surface area contributed by atoms with E-state index in [2.05, 4.69) is 45.1 Å². The van der Waals surface area contributed by atoms with Crippen molar-refractivity contribution in [2.24, 2.45) is 5.10 Å². The molecule has 164 valence electrons.